The van der Waals surface area contributed by atoms with E-state index in [1.54, 1.807) is 30.7 Å². The van der Waals surface area contributed by atoms with Crippen LogP contribution in [0.2, 0.25) is 0 Å². The molecule has 33 heavy (non-hydrogen) atoms. The molecule has 1 saturated heterocycles. The number of hydrogen-bond acceptors (Lipinski definition) is 7. The molecular weight excluding hydrogens is 428 g/mol. The Morgan fingerprint density at radius 3 is 2.79 bits per heavy atom. The minimum absolute atomic E-state index is 0.0752. The second-order valence-electron chi connectivity index (χ2n) is 8.30. The Morgan fingerprint density at radius 1 is 1.15 bits per heavy atom. The summed E-state index contributed by atoms with van der Waals surface area (Å²) in [5, 5.41) is 0. The molecule has 0 aliphatic carbocycles. The fraction of sp³-hybridized carbons (Fsp3) is 0.417. The number of rotatable bonds is 6. The van der Waals surface area contributed by atoms with E-state index >= 15 is 0 Å². The first-order valence-electron chi connectivity index (χ1n) is 11.2. The van der Waals surface area contributed by atoms with E-state index in [2.05, 4.69) is 19.9 Å². The highest BCUT2D eigenvalue weighted by Crippen LogP contribution is 2.36. The van der Waals surface area contributed by atoms with Gasteiger partial charge in [0.05, 0.1) is 24.4 Å². The summed E-state index contributed by atoms with van der Waals surface area (Å²) in [5.74, 6) is -1.02. The van der Waals surface area contributed by atoms with Gasteiger partial charge in [0.2, 0.25) is 5.82 Å². The van der Waals surface area contributed by atoms with Crippen LogP contribution < -0.4 is 9.64 Å². The van der Waals surface area contributed by atoms with E-state index in [1.165, 1.54) is 6.07 Å². The summed E-state index contributed by atoms with van der Waals surface area (Å²) in [5.41, 5.74) is 2.41. The summed E-state index contributed by atoms with van der Waals surface area (Å²) in [4.78, 5) is 19.5. The van der Waals surface area contributed by atoms with E-state index in [4.69, 9.17) is 9.47 Å². The Balaban J connectivity index is 1.35. The van der Waals surface area contributed by atoms with E-state index in [1.807, 2.05) is 11.8 Å². The van der Waals surface area contributed by atoms with Gasteiger partial charge in [-0.15, -0.1) is 0 Å². The van der Waals surface area contributed by atoms with Gasteiger partial charge in [0.25, 0.3) is 0 Å². The first-order chi connectivity index (χ1) is 16.1. The molecule has 0 spiro atoms. The van der Waals surface area contributed by atoms with Crippen molar-refractivity contribution < 1.29 is 18.3 Å². The maximum atomic E-state index is 14.4. The monoisotopic (exact) mass is 453 g/mol. The molecule has 5 rings (SSSR count). The number of halogens is 2. The molecule has 0 amide bonds. The van der Waals surface area contributed by atoms with Gasteiger partial charge in [-0.05, 0) is 25.8 Å². The second kappa shape index (κ2) is 9.35. The Hall–Kier alpha value is -3.20. The maximum absolute atomic E-state index is 14.4. The number of anilines is 1. The number of fused-ring (bicyclic) bond motifs is 1. The van der Waals surface area contributed by atoms with Crippen LogP contribution in [-0.4, -0.2) is 45.8 Å². The van der Waals surface area contributed by atoms with Gasteiger partial charge in [0, 0.05) is 68.0 Å². The lowest BCUT2D eigenvalue weighted by molar-refractivity contribution is 0.0896. The van der Waals surface area contributed by atoms with Crippen LogP contribution in [0.5, 0.6) is 5.75 Å². The molecular formula is C24H25F2N5O2. The highest BCUT2D eigenvalue weighted by Gasteiger charge is 2.28. The minimum Gasteiger partial charge on any atom is -0.490 e. The minimum atomic E-state index is -0.966. The van der Waals surface area contributed by atoms with Crippen molar-refractivity contribution in [2.24, 2.45) is 0 Å². The van der Waals surface area contributed by atoms with Crippen LogP contribution in [0.15, 0.2) is 36.8 Å². The fourth-order valence-electron chi connectivity index (χ4n) is 4.43. The van der Waals surface area contributed by atoms with E-state index in [0.29, 0.717) is 36.7 Å². The van der Waals surface area contributed by atoms with Crippen LogP contribution in [-0.2, 0) is 11.2 Å². The summed E-state index contributed by atoms with van der Waals surface area (Å²) < 4.78 is 40.0. The molecule has 7 nitrogen and oxygen atoms in total. The Kier molecular flexibility index (Phi) is 6.13. The molecule has 0 N–H and O–H groups in total. The fourth-order valence-corrected chi connectivity index (χ4v) is 4.43. The van der Waals surface area contributed by atoms with E-state index in [9.17, 15) is 8.78 Å². The predicted molar refractivity (Wildman–Crippen MR) is 118 cm³/mol. The molecule has 2 aromatic heterocycles. The van der Waals surface area contributed by atoms with Gasteiger partial charge in [-0.3, -0.25) is 0 Å². The second-order valence-corrected chi connectivity index (χ2v) is 8.30. The zero-order valence-corrected chi connectivity index (χ0v) is 18.4. The molecule has 9 heteroatoms. The van der Waals surface area contributed by atoms with Crippen molar-refractivity contribution in [1.82, 2.24) is 19.9 Å². The van der Waals surface area contributed by atoms with Crippen molar-refractivity contribution in [3.8, 4) is 17.4 Å². The van der Waals surface area contributed by atoms with Gasteiger partial charge in [-0.2, -0.15) is 4.39 Å². The lowest BCUT2D eigenvalue weighted by Crippen LogP contribution is -2.35. The lowest BCUT2D eigenvalue weighted by Gasteiger charge is -2.36. The van der Waals surface area contributed by atoms with E-state index in [0.717, 1.165) is 30.7 Å². The van der Waals surface area contributed by atoms with Crippen molar-refractivity contribution in [1.29, 1.82) is 0 Å². The zero-order chi connectivity index (χ0) is 22.8. The molecule has 1 aromatic carbocycles. The third kappa shape index (κ3) is 4.50. The standard InChI is InChI=1S/C24H25F2N5O2/c1-15-18-14-29-24(23-27-7-3-8-28-23)30-20(18)5-9-31(15)16-12-19(25)22(26)21(13-16)33-11-6-17-4-2-10-32-17/h3,7-8,12-15,17H,2,4-6,9-11H2,1H3. The van der Waals surface area contributed by atoms with Gasteiger partial charge in [-0.1, -0.05) is 0 Å². The quantitative estimate of drug-likeness (QED) is 0.551. The van der Waals surface area contributed by atoms with Gasteiger partial charge in [0.15, 0.2) is 23.2 Å². The average molecular weight is 453 g/mol. The molecule has 3 aromatic rings. The molecule has 2 aliphatic rings. The molecule has 0 saturated carbocycles. The summed E-state index contributed by atoms with van der Waals surface area (Å²) in [6.07, 6.45) is 8.50. The number of benzene rings is 1. The first kappa shape index (κ1) is 21.6. The highest BCUT2D eigenvalue weighted by molar-refractivity contribution is 5.55. The Morgan fingerprint density at radius 2 is 2.00 bits per heavy atom. The van der Waals surface area contributed by atoms with Crippen LogP contribution >= 0.6 is 0 Å². The van der Waals surface area contributed by atoms with Gasteiger partial charge in [0.1, 0.15) is 0 Å². The number of aromatic nitrogens is 4. The molecule has 0 radical (unpaired) electrons. The van der Waals surface area contributed by atoms with E-state index < -0.39 is 11.6 Å². The number of hydrogen-bond donors (Lipinski definition) is 0. The van der Waals surface area contributed by atoms with Crippen molar-refractivity contribution >= 4 is 5.69 Å². The largest absolute Gasteiger partial charge is 0.490 e. The molecule has 172 valence electrons. The summed E-state index contributed by atoms with van der Waals surface area (Å²) in [7, 11) is 0. The van der Waals surface area contributed by atoms with Crippen LogP contribution in [0.4, 0.5) is 14.5 Å². The molecule has 2 atom stereocenters. The number of nitrogens with zero attached hydrogens (tertiary/aromatic N) is 5. The lowest BCUT2D eigenvalue weighted by atomic mass is 9.98. The molecule has 2 aliphatic heterocycles. The number of ether oxygens (including phenoxy) is 2. The maximum Gasteiger partial charge on any atom is 0.200 e. The Labute approximate surface area is 190 Å². The Bertz CT molecular complexity index is 1130. The third-order valence-corrected chi connectivity index (χ3v) is 6.21. The smallest absolute Gasteiger partial charge is 0.200 e. The molecule has 4 heterocycles. The van der Waals surface area contributed by atoms with Gasteiger partial charge in [-0.25, -0.2) is 24.3 Å². The summed E-state index contributed by atoms with van der Waals surface area (Å²) in [6, 6.07) is 4.41. The van der Waals surface area contributed by atoms with Crippen LogP contribution in [0.25, 0.3) is 11.6 Å². The third-order valence-electron chi connectivity index (χ3n) is 6.21. The SMILES string of the molecule is CC1c2cnc(-c3ncccn3)nc2CCN1c1cc(F)c(F)c(OCCC2CCCO2)c1. The highest BCUT2D eigenvalue weighted by atomic mass is 19.2. The topological polar surface area (TPSA) is 73.3 Å². The van der Waals surface area contributed by atoms with E-state index in [-0.39, 0.29) is 24.5 Å². The van der Waals surface area contributed by atoms with Gasteiger partial charge < -0.3 is 14.4 Å². The summed E-state index contributed by atoms with van der Waals surface area (Å²) in [6.45, 7) is 3.63. The van der Waals surface area contributed by atoms with Gasteiger partial charge >= 0.3 is 0 Å². The van der Waals surface area contributed by atoms with Crippen molar-refractivity contribution in [2.45, 2.75) is 44.8 Å². The van der Waals surface area contributed by atoms with Crippen LogP contribution in [0.3, 0.4) is 0 Å². The summed E-state index contributed by atoms with van der Waals surface area (Å²) >= 11 is 0. The normalized spacial score (nSPS) is 20.0. The van der Waals surface area contributed by atoms with Crippen molar-refractivity contribution in [3.05, 3.63) is 59.7 Å². The average Bonchev–Trinajstić information content (AvgIpc) is 3.36. The van der Waals surface area contributed by atoms with Crippen LogP contribution in [0.1, 0.15) is 43.5 Å². The molecule has 2 unspecified atom stereocenters. The first-order valence-corrected chi connectivity index (χ1v) is 11.2. The molecule has 0 bridgehead atoms. The van der Waals surface area contributed by atoms with Crippen LogP contribution in [0, 0.1) is 11.6 Å². The van der Waals surface area contributed by atoms with Crippen molar-refractivity contribution in [3.63, 3.8) is 0 Å². The molecule has 1 fully saturated rings. The zero-order valence-electron chi connectivity index (χ0n) is 18.4. The van der Waals surface area contributed by atoms with Crippen molar-refractivity contribution in [2.75, 3.05) is 24.7 Å². The predicted octanol–water partition coefficient (Wildman–Crippen LogP) is 4.28.